The van der Waals surface area contributed by atoms with Crippen LogP contribution in [-0.4, -0.2) is 19.3 Å². The van der Waals surface area contributed by atoms with Gasteiger partial charge in [0.05, 0.1) is 12.7 Å². The number of fused-ring (bicyclic) bond motifs is 1. The predicted octanol–water partition coefficient (Wildman–Crippen LogP) is 2.54. The molecular weight excluding hydrogens is 202 g/mol. The number of hydrogen-bond donors (Lipinski definition) is 0. The maximum atomic E-state index is 11.4. The van der Waals surface area contributed by atoms with Gasteiger partial charge in [0.15, 0.2) is 0 Å². The van der Waals surface area contributed by atoms with Gasteiger partial charge < -0.3 is 4.74 Å². The van der Waals surface area contributed by atoms with Crippen LogP contribution in [0.4, 0.5) is 0 Å². The lowest BCUT2D eigenvalue weighted by atomic mass is 10.0. The molecule has 2 rings (SSSR count). The van der Waals surface area contributed by atoms with Gasteiger partial charge in [-0.15, -0.1) is 0 Å². The Balaban J connectivity index is 2.46. The van der Waals surface area contributed by atoms with E-state index in [9.17, 15) is 4.79 Å². The van der Waals surface area contributed by atoms with Gasteiger partial charge in [0.2, 0.25) is 0 Å². The van der Waals surface area contributed by atoms with Crippen molar-refractivity contribution in [1.82, 2.24) is 0 Å². The van der Waals surface area contributed by atoms with Crippen molar-refractivity contribution in [3.05, 3.63) is 47.2 Å². The Kier molecular flexibility index (Phi) is 2.96. The Hall–Kier alpha value is -2.16. The molecule has 3 heteroatoms. The zero-order valence-corrected chi connectivity index (χ0v) is 8.88. The van der Waals surface area contributed by atoms with Crippen molar-refractivity contribution in [3.8, 4) is 0 Å². The van der Waals surface area contributed by atoms with E-state index in [4.69, 9.17) is 0 Å². The van der Waals surface area contributed by atoms with E-state index in [0.717, 1.165) is 11.1 Å². The van der Waals surface area contributed by atoms with Crippen molar-refractivity contribution in [1.29, 1.82) is 0 Å². The van der Waals surface area contributed by atoms with Crippen LogP contribution in [0.5, 0.6) is 0 Å². The fourth-order valence-corrected chi connectivity index (χ4v) is 1.49. The van der Waals surface area contributed by atoms with Crippen molar-refractivity contribution >= 4 is 24.3 Å². The predicted molar refractivity (Wildman–Crippen MR) is 64.3 cm³/mol. The highest BCUT2D eigenvalue weighted by Gasteiger charge is 2.07. The second kappa shape index (κ2) is 4.57. The minimum atomic E-state index is -0.323. The van der Waals surface area contributed by atoms with Gasteiger partial charge in [-0.2, -0.15) is 0 Å². The van der Waals surface area contributed by atoms with Gasteiger partial charge in [0, 0.05) is 12.4 Å². The number of nitrogens with zero attached hydrogens (tertiary/aromatic N) is 1. The zero-order valence-electron chi connectivity index (χ0n) is 8.88. The molecule has 1 aliphatic heterocycles. The first-order valence-corrected chi connectivity index (χ1v) is 4.90. The van der Waals surface area contributed by atoms with Crippen molar-refractivity contribution in [2.75, 3.05) is 7.11 Å². The van der Waals surface area contributed by atoms with Crippen LogP contribution in [0.25, 0.3) is 12.2 Å². The first kappa shape index (κ1) is 10.4. The average molecular weight is 213 g/mol. The molecule has 0 unspecified atom stereocenters. The van der Waals surface area contributed by atoms with Crippen molar-refractivity contribution in [2.45, 2.75) is 0 Å². The third-order valence-electron chi connectivity index (χ3n) is 2.30. The highest BCUT2D eigenvalue weighted by molar-refractivity contribution is 5.91. The van der Waals surface area contributed by atoms with Crippen LogP contribution < -0.4 is 0 Å². The highest BCUT2D eigenvalue weighted by Crippen LogP contribution is 2.17. The molecule has 1 aliphatic rings. The summed E-state index contributed by atoms with van der Waals surface area (Å²) in [5.74, 6) is -0.323. The lowest BCUT2D eigenvalue weighted by Gasteiger charge is -2.05. The van der Waals surface area contributed by atoms with Crippen LogP contribution >= 0.6 is 0 Å². The summed E-state index contributed by atoms with van der Waals surface area (Å²) >= 11 is 0. The lowest BCUT2D eigenvalue weighted by Crippen LogP contribution is -2.01. The molecule has 0 spiro atoms. The number of hydrogen-bond acceptors (Lipinski definition) is 3. The van der Waals surface area contributed by atoms with Crippen LogP contribution in [0.15, 0.2) is 35.5 Å². The molecule has 1 aromatic rings. The molecule has 0 saturated heterocycles. The number of carbonyl (C=O) groups excluding carboxylic acids is 1. The van der Waals surface area contributed by atoms with Crippen LogP contribution in [0.2, 0.25) is 0 Å². The molecule has 0 radical (unpaired) electrons. The third-order valence-corrected chi connectivity index (χ3v) is 2.30. The molecule has 0 N–H and O–H groups in total. The van der Waals surface area contributed by atoms with Crippen LogP contribution in [0.1, 0.15) is 21.5 Å². The molecule has 0 amide bonds. The molecule has 80 valence electrons. The summed E-state index contributed by atoms with van der Waals surface area (Å²) in [6, 6.07) is 5.43. The minimum absolute atomic E-state index is 0.323. The summed E-state index contributed by atoms with van der Waals surface area (Å²) in [5, 5.41) is 0. The Morgan fingerprint density at radius 2 is 2.12 bits per heavy atom. The number of allylic oxidation sites excluding steroid dienone is 1. The number of carbonyl (C=O) groups is 1. The Labute approximate surface area is 93.8 Å². The van der Waals surface area contributed by atoms with Crippen molar-refractivity contribution in [2.24, 2.45) is 4.99 Å². The summed E-state index contributed by atoms with van der Waals surface area (Å²) in [6.45, 7) is 0. The summed E-state index contributed by atoms with van der Waals surface area (Å²) in [7, 11) is 1.38. The van der Waals surface area contributed by atoms with Crippen LogP contribution in [0.3, 0.4) is 0 Å². The summed E-state index contributed by atoms with van der Waals surface area (Å²) < 4.78 is 4.68. The highest BCUT2D eigenvalue weighted by atomic mass is 16.5. The second-order valence-electron chi connectivity index (χ2n) is 3.31. The summed E-state index contributed by atoms with van der Waals surface area (Å²) in [4.78, 5) is 15.4. The molecule has 0 saturated carbocycles. The molecule has 0 aromatic heterocycles. The van der Waals surface area contributed by atoms with E-state index in [2.05, 4.69) is 9.73 Å². The SMILES string of the molecule is COC(=O)c1ccc2c(c1)C=CC=NC=C2. The molecule has 1 aromatic carbocycles. The second-order valence-corrected chi connectivity index (χ2v) is 3.31. The number of esters is 1. The number of rotatable bonds is 1. The summed E-state index contributed by atoms with van der Waals surface area (Å²) in [5.41, 5.74) is 2.56. The molecule has 0 bridgehead atoms. The van der Waals surface area contributed by atoms with E-state index < -0.39 is 0 Å². The normalized spacial score (nSPS) is 12.8. The van der Waals surface area contributed by atoms with E-state index >= 15 is 0 Å². The maximum Gasteiger partial charge on any atom is 0.337 e. The number of benzene rings is 1. The monoisotopic (exact) mass is 213 g/mol. The fraction of sp³-hybridized carbons (Fsp3) is 0.0769. The molecule has 0 aliphatic carbocycles. The first-order chi connectivity index (χ1) is 7.81. The molecule has 3 nitrogen and oxygen atoms in total. The van der Waals surface area contributed by atoms with Crippen molar-refractivity contribution in [3.63, 3.8) is 0 Å². The van der Waals surface area contributed by atoms with Gasteiger partial charge in [-0.1, -0.05) is 12.1 Å². The molecule has 0 fully saturated rings. The smallest absolute Gasteiger partial charge is 0.337 e. The van der Waals surface area contributed by atoms with E-state index in [1.807, 2.05) is 24.3 Å². The number of aliphatic imine (C=N–C) groups is 1. The fourth-order valence-electron chi connectivity index (χ4n) is 1.49. The van der Waals surface area contributed by atoms with Crippen LogP contribution in [-0.2, 0) is 4.74 Å². The van der Waals surface area contributed by atoms with E-state index in [0.29, 0.717) is 5.56 Å². The van der Waals surface area contributed by atoms with Gasteiger partial charge in [-0.25, -0.2) is 4.79 Å². The average Bonchev–Trinajstić information content (AvgIpc) is 2.28. The summed E-state index contributed by atoms with van der Waals surface area (Å²) in [6.07, 6.45) is 9.07. The number of ether oxygens (including phenoxy) is 1. The topological polar surface area (TPSA) is 38.7 Å². The number of methoxy groups -OCH3 is 1. The molecule has 16 heavy (non-hydrogen) atoms. The molecule has 0 atom stereocenters. The standard InChI is InChI=1S/C13H11NO2/c1-16-13(15)12-5-4-10-6-8-14-7-2-3-11(10)9-12/h2-9H,1H3. The maximum absolute atomic E-state index is 11.4. The van der Waals surface area contributed by atoms with Gasteiger partial charge in [0.1, 0.15) is 0 Å². The Morgan fingerprint density at radius 3 is 2.94 bits per heavy atom. The third kappa shape index (κ3) is 2.08. The zero-order chi connectivity index (χ0) is 11.4. The van der Waals surface area contributed by atoms with Crippen molar-refractivity contribution < 1.29 is 9.53 Å². The van der Waals surface area contributed by atoms with E-state index in [1.165, 1.54) is 7.11 Å². The lowest BCUT2D eigenvalue weighted by molar-refractivity contribution is 0.0600. The van der Waals surface area contributed by atoms with Gasteiger partial charge in [-0.05, 0) is 35.4 Å². The largest absolute Gasteiger partial charge is 0.465 e. The van der Waals surface area contributed by atoms with Gasteiger partial charge >= 0.3 is 5.97 Å². The minimum Gasteiger partial charge on any atom is -0.465 e. The molecular formula is C13H11NO2. The molecule has 1 heterocycles. The van der Waals surface area contributed by atoms with E-state index in [1.54, 1.807) is 24.5 Å². The van der Waals surface area contributed by atoms with Gasteiger partial charge in [-0.3, -0.25) is 4.99 Å². The quantitative estimate of drug-likeness (QED) is 0.672. The van der Waals surface area contributed by atoms with E-state index in [-0.39, 0.29) is 5.97 Å². The first-order valence-electron chi connectivity index (χ1n) is 4.90. The Morgan fingerprint density at radius 1 is 1.25 bits per heavy atom. The Bertz CT molecular complexity index is 499. The van der Waals surface area contributed by atoms with Gasteiger partial charge in [0.25, 0.3) is 0 Å². The van der Waals surface area contributed by atoms with Crippen LogP contribution in [0, 0.1) is 0 Å².